The second-order valence-corrected chi connectivity index (χ2v) is 5.78. The average molecular weight is 244 g/mol. The summed E-state index contributed by atoms with van der Waals surface area (Å²) in [4.78, 5) is 0. The normalized spacial score (nSPS) is 24.9. The highest BCUT2D eigenvalue weighted by Crippen LogP contribution is 2.34. The van der Waals surface area contributed by atoms with Gasteiger partial charge in [-0.05, 0) is 49.6 Å². The highest BCUT2D eigenvalue weighted by Gasteiger charge is 2.40. The zero-order valence-corrected chi connectivity index (χ0v) is 11.2. The monoisotopic (exact) mass is 244 g/mol. The Hall–Kier alpha value is -0.860. The Morgan fingerprint density at radius 1 is 1.00 bits per heavy atom. The van der Waals surface area contributed by atoms with Crippen LogP contribution in [0.2, 0.25) is 0 Å². The van der Waals surface area contributed by atoms with Crippen molar-refractivity contribution in [1.82, 2.24) is 9.80 Å². The van der Waals surface area contributed by atoms with Gasteiger partial charge in [-0.1, -0.05) is 0 Å². The molecule has 2 heterocycles. The smallest absolute Gasteiger partial charge is 0.133 e. The minimum atomic E-state index is 0.828. The maximum absolute atomic E-state index is 3.51. The van der Waals surface area contributed by atoms with Crippen LogP contribution in [0.1, 0.15) is 32.1 Å². The van der Waals surface area contributed by atoms with Gasteiger partial charge in [0.25, 0.3) is 0 Å². The summed E-state index contributed by atoms with van der Waals surface area (Å²) in [5, 5.41) is 3.51. The molecule has 2 saturated heterocycles. The minimum absolute atomic E-state index is 0.828. The van der Waals surface area contributed by atoms with Gasteiger partial charge in [0, 0.05) is 25.9 Å². The largest absolute Gasteiger partial charge is 0.316 e. The van der Waals surface area contributed by atoms with Crippen LogP contribution in [0, 0.1) is 6.07 Å². The molecule has 0 atom stereocenters. The Morgan fingerprint density at radius 3 is 2.33 bits per heavy atom. The SMILES string of the molecule is [c]1ccc([N+]2(C3CCNCC3)CCCCC2)cc1. The topological polar surface area (TPSA) is 12.0 Å². The summed E-state index contributed by atoms with van der Waals surface area (Å²) in [5.41, 5.74) is 1.53. The number of rotatable bonds is 2. The molecule has 0 amide bonds. The molecule has 0 saturated carbocycles. The van der Waals surface area contributed by atoms with Crippen molar-refractivity contribution in [1.29, 1.82) is 0 Å². The van der Waals surface area contributed by atoms with Gasteiger partial charge in [0.05, 0.1) is 19.1 Å². The fourth-order valence-electron chi connectivity index (χ4n) is 3.89. The number of piperidine rings is 2. The van der Waals surface area contributed by atoms with Crippen LogP contribution in [0.5, 0.6) is 0 Å². The Kier molecular flexibility index (Phi) is 3.67. The van der Waals surface area contributed by atoms with E-state index in [0.717, 1.165) is 6.04 Å². The predicted molar refractivity (Wildman–Crippen MR) is 76.5 cm³/mol. The van der Waals surface area contributed by atoms with E-state index < -0.39 is 0 Å². The summed E-state index contributed by atoms with van der Waals surface area (Å²) in [6.07, 6.45) is 6.87. The van der Waals surface area contributed by atoms with Crippen LogP contribution in [0.4, 0.5) is 5.69 Å². The van der Waals surface area contributed by atoms with E-state index in [0.29, 0.717) is 0 Å². The van der Waals surface area contributed by atoms with Crippen LogP contribution in [0.3, 0.4) is 0 Å². The van der Waals surface area contributed by atoms with Crippen molar-refractivity contribution in [2.75, 3.05) is 26.2 Å². The van der Waals surface area contributed by atoms with E-state index in [9.17, 15) is 0 Å². The summed E-state index contributed by atoms with van der Waals surface area (Å²) >= 11 is 0. The molecule has 1 radical (unpaired) electrons. The van der Waals surface area contributed by atoms with Crippen molar-refractivity contribution >= 4 is 5.69 Å². The van der Waals surface area contributed by atoms with E-state index in [2.05, 4.69) is 35.6 Å². The lowest BCUT2D eigenvalue weighted by molar-refractivity contribution is 0.139. The quantitative estimate of drug-likeness (QED) is 0.789. The van der Waals surface area contributed by atoms with Crippen LogP contribution in [0.15, 0.2) is 24.3 Å². The summed E-state index contributed by atoms with van der Waals surface area (Å²) in [5.74, 6) is 0. The fourth-order valence-corrected chi connectivity index (χ4v) is 3.89. The maximum atomic E-state index is 3.51. The summed E-state index contributed by atoms with van der Waals surface area (Å²) in [7, 11) is 0. The van der Waals surface area contributed by atoms with Crippen molar-refractivity contribution in [2.24, 2.45) is 0 Å². The maximum Gasteiger partial charge on any atom is 0.133 e. The molecule has 0 unspecified atom stereocenters. The molecule has 1 aromatic carbocycles. The number of likely N-dealkylation sites (tertiary alicyclic amines) is 1. The molecule has 0 aliphatic carbocycles. The van der Waals surface area contributed by atoms with E-state index in [4.69, 9.17) is 0 Å². The molecule has 2 aliphatic heterocycles. The molecule has 3 rings (SSSR count). The van der Waals surface area contributed by atoms with Crippen molar-refractivity contribution < 1.29 is 0 Å². The van der Waals surface area contributed by atoms with E-state index in [1.165, 1.54) is 68.5 Å². The van der Waals surface area contributed by atoms with Gasteiger partial charge in [-0.15, -0.1) is 0 Å². The summed E-state index contributed by atoms with van der Waals surface area (Å²) in [6.45, 7) is 5.08. The van der Waals surface area contributed by atoms with Gasteiger partial charge >= 0.3 is 0 Å². The first kappa shape index (κ1) is 12.2. The lowest BCUT2D eigenvalue weighted by atomic mass is 9.95. The molecule has 97 valence electrons. The van der Waals surface area contributed by atoms with Crippen LogP contribution in [-0.4, -0.2) is 32.2 Å². The molecule has 2 fully saturated rings. The third-order valence-corrected chi connectivity index (χ3v) is 4.84. The molecular formula is C16H24N2+. The van der Waals surface area contributed by atoms with Crippen molar-refractivity contribution in [3.63, 3.8) is 0 Å². The van der Waals surface area contributed by atoms with E-state index >= 15 is 0 Å². The lowest BCUT2D eigenvalue weighted by Gasteiger charge is -2.48. The van der Waals surface area contributed by atoms with E-state index in [-0.39, 0.29) is 0 Å². The van der Waals surface area contributed by atoms with Gasteiger partial charge in [0.2, 0.25) is 0 Å². The highest BCUT2D eigenvalue weighted by molar-refractivity contribution is 5.43. The summed E-state index contributed by atoms with van der Waals surface area (Å²) < 4.78 is 1.25. The van der Waals surface area contributed by atoms with Crippen molar-refractivity contribution in [3.05, 3.63) is 30.3 Å². The molecule has 2 heteroatoms. The average Bonchev–Trinajstić information content (AvgIpc) is 2.50. The van der Waals surface area contributed by atoms with Crippen molar-refractivity contribution in [2.45, 2.75) is 38.1 Å². The number of quaternary nitrogens is 1. The molecule has 2 nitrogen and oxygen atoms in total. The number of benzene rings is 1. The second kappa shape index (κ2) is 5.41. The van der Waals surface area contributed by atoms with Crippen molar-refractivity contribution in [3.8, 4) is 0 Å². The fraction of sp³-hybridized carbons (Fsp3) is 0.625. The second-order valence-electron chi connectivity index (χ2n) is 5.78. The number of nitrogens with one attached hydrogen (secondary N) is 1. The number of hydrogen-bond acceptors (Lipinski definition) is 1. The molecule has 0 bridgehead atoms. The lowest BCUT2D eigenvalue weighted by Crippen LogP contribution is -2.62. The molecule has 2 aliphatic rings. The van der Waals surface area contributed by atoms with Gasteiger partial charge in [-0.2, -0.15) is 0 Å². The van der Waals surface area contributed by atoms with E-state index in [1.54, 1.807) is 0 Å². The first-order valence-electron chi connectivity index (χ1n) is 7.46. The third kappa shape index (κ3) is 2.19. The zero-order valence-electron chi connectivity index (χ0n) is 11.2. The first-order valence-corrected chi connectivity index (χ1v) is 7.46. The Bertz CT molecular complexity index is 362. The van der Waals surface area contributed by atoms with Gasteiger partial charge in [-0.3, -0.25) is 4.48 Å². The molecule has 0 spiro atoms. The minimum Gasteiger partial charge on any atom is -0.316 e. The van der Waals surface area contributed by atoms with Crippen LogP contribution in [0.25, 0.3) is 0 Å². The molecule has 1 N–H and O–H groups in total. The van der Waals surface area contributed by atoms with Gasteiger partial charge in [0.15, 0.2) is 0 Å². The van der Waals surface area contributed by atoms with Gasteiger partial charge in [0.1, 0.15) is 5.69 Å². The van der Waals surface area contributed by atoms with Crippen LogP contribution in [-0.2, 0) is 0 Å². The van der Waals surface area contributed by atoms with Gasteiger partial charge in [-0.25, -0.2) is 0 Å². The third-order valence-electron chi connectivity index (χ3n) is 4.84. The van der Waals surface area contributed by atoms with Crippen LogP contribution < -0.4 is 9.80 Å². The molecular weight excluding hydrogens is 220 g/mol. The Morgan fingerprint density at radius 2 is 1.67 bits per heavy atom. The van der Waals surface area contributed by atoms with E-state index in [1.807, 2.05) is 0 Å². The highest BCUT2D eigenvalue weighted by atomic mass is 15.4. The Balaban J connectivity index is 1.92. The standard InChI is InChI=1S/C16H24N2/c1-3-7-15(8-4-1)18(13-5-2-6-14-18)16-9-11-17-12-10-16/h3-4,7-8,16-17H,2,5-6,9-14H2/q+1. The Labute approximate surface area is 111 Å². The number of hydrogen-bond donors (Lipinski definition) is 1. The molecule has 1 aromatic rings. The van der Waals surface area contributed by atoms with Gasteiger partial charge < -0.3 is 5.32 Å². The first-order chi connectivity index (χ1) is 8.92. The zero-order chi connectivity index (χ0) is 12.3. The molecule has 18 heavy (non-hydrogen) atoms. The number of nitrogens with zero attached hydrogens (tertiary/aromatic N) is 1. The summed E-state index contributed by atoms with van der Waals surface area (Å²) in [6, 6.07) is 12.8. The molecule has 0 aromatic heterocycles. The predicted octanol–water partition coefficient (Wildman–Crippen LogP) is 2.73. The van der Waals surface area contributed by atoms with Crippen LogP contribution >= 0.6 is 0 Å².